The van der Waals surface area contributed by atoms with Crippen molar-refractivity contribution < 1.29 is 12.9 Å². The minimum absolute atomic E-state index is 0.0800. The third-order valence-electron chi connectivity index (χ3n) is 3.68. The lowest BCUT2D eigenvalue weighted by Crippen LogP contribution is -2.11. The molecule has 1 aromatic carbocycles. The van der Waals surface area contributed by atoms with Crippen LogP contribution in [0.4, 0.5) is 5.88 Å². The summed E-state index contributed by atoms with van der Waals surface area (Å²) in [6.07, 6.45) is 2.14. The maximum absolute atomic E-state index is 12.5. The van der Waals surface area contributed by atoms with Crippen LogP contribution in [0.1, 0.15) is 24.6 Å². The first-order valence-corrected chi connectivity index (χ1v) is 10.9. The molecule has 2 aromatic heterocycles. The van der Waals surface area contributed by atoms with Gasteiger partial charge in [0.05, 0.1) is 5.69 Å². The number of aryl methyl sites for hydroxylation is 2. The van der Waals surface area contributed by atoms with Crippen molar-refractivity contribution in [2.45, 2.75) is 30.9 Å². The van der Waals surface area contributed by atoms with Gasteiger partial charge in [0.1, 0.15) is 8.68 Å². The molecule has 5 nitrogen and oxygen atoms in total. The minimum Gasteiger partial charge on any atom is -0.336 e. The second-order valence-corrected chi connectivity index (χ2v) is 9.23. The summed E-state index contributed by atoms with van der Waals surface area (Å²) in [5.74, 6) is 0.0800. The quantitative estimate of drug-likeness (QED) is 0.569. The Hall–Kier alpha value is -1.64. The summed E-state index contributed by atoms with van der Waals surface area (Å²) in [6.45, 7) is 3.86. The maximum atomic E-state index is 12.5. The van der Waals surface area contributed by atoms with E-state index in [0.717, 1.165) is 24.0 Å². The molecular weight excluding hydrogens is 424 g/mol. The van der Waals surface area contributed by atoms with Crippen molar-refractivity contribution in [3.05, 3.63) is 51.4 Å². The fraction of sp³-hybridized carbons (Fsp3) is 0.235. The Balaban J connectivity index is 1.83. The van der Waals surface area contributed by atoms with Crippen molar-refractivity contribution in [2.24, 2.45) is 0 Å². The first-order chi connectivity index (χ1) is 11.9. The number of rotatable bonds is 6. The molecule has 0 amide bonds. The predicted molar refractivity (Wildman–Crippen MR) is 103 cm³/mol. The number of benzene rings is 1. The van der Waals surface area contributed by atoms with Crippen LogP contribution < -0.4 is 4.72 Å². The van der Waals surface area contributed by atoms with Crippen LogP contribution in [0.2, 0.25) is 0 Å². The average molecular weight is 441 g/mol. The molecule has 3 rings (SSSR count). The number of thiophene rings is 1. The maximum Gasteiger partial charge on any atom is 0.273 e. The fourth-order valence-corrected chi connectivity index (χ4v) is 4.92. The SMILES string of the molecule is CCCc1ccc(-c2csc(S(=O)(=O)Nc3onc(C)c3Br)c2)cc1. The number of halogens is 1. The largest absolute Gasteiger partial charge is 0.336 e. The third kappa shape index (κ3) is 3.96. The molecule has 0 saturated heterocycles. The Kier molecular flexibility index (Phi) is 5.31. The summed E-state index contributed by atoms with van der Waals surface area (Å²) in [5, 5.41) is 5.56. The van der Waals surface area contributed by atoms with Crippen LogP contribution >= 0.6 is 27.3 Å². The highest BCUT2D eigenvalue weighted by molar-refractivity contribution is 9.10. The normalized spacial score (nSPS) is 11.6. The molecule has 0 aliphatic carbocycles. The molecule has 8 heteroatoms. The second kappa shape index (κ2) is 7.31. The highest BCUT2D eigenvalue weighted by Crippen LogP contribution is 2.32. The zero-order valence-corrected chi connectivity index (χ0v) is 17.0. The zero-order chi connectivity index (χ0) is 18.0. The van der Waals surface area contributed by atoms with E-state index in [0.29, 0.717) is 10.2 Å². The standard InChI is InChI=1S/C17H17BrN2O3S2/c1-3-4-12-5-7-13(8-6-12)14-9-15(24-10-14)25(21,22)20-17-16(18)11(2)19-23-17/h5-10,20H,3-4H2,1-2H3. The Labute approximate surface area is 159 Å². The number of anilines is 1. The molecule has 0 fully saturated rings. The van der Waals surface area contributed by atoms with E-state index in [1.165, 1.54) is 16.9 Å². The van der Waals surface area contributed by atoms with Gasteiger partial charge in [-0.15, -0.1) is 11.3 Å². The van der Waals surface area contributed by atoms with Crippen molar-refractivity contribution in [3.63, 3.8) is 0 Å². The van der Waals surface area contributed by atoms with Crippen molar-refractivity contribution in [1.29, 1.82) is 0 Å². The molecule has 0 atom stereocenters. The summed E-state index contributed by atoms with van der Waals surface area (Å²) in [6, 6.07) is 9.87. The first-order valence-electron chi connectivity index (χ1n) is 7.73. The molecule has 25 heavy (non-hydrogen) atoms. The number of sulfonamides is 1. The van der Waals surface area contributed by atoms with Gasteiger partial charge < -0.3 is 4.52 Å². The first kappa shape index (κ1) is 18.2. The summed E-state index contributed by atoms with van der Waals surface area (Å²) >= 11 is 4.43. The fourth-order valence-electron chi connectivity index (χ4n) is 2.36. The smallest absolute Gasteiger partial charge is 0.273 e. The van der Waals surface area contributed by atoms with Gasteiger partial charge in [-0.2, -0.15) is 0 Å². The van der Waals surface area contributed by atoms with E-state index >= 15 is 0 Å². The van der Waals surface area contributed by atoms with Crippen LogP contribution in [0.25, 0.3) is 11.1 Å². The van der Waals surface area contributed by atoms with E-state index in [1.54, 1.807) is 13.0 Å². The predicted octanol–water partition coefficient (Wildman–Crippen LogP) is 5.23. The van der Waals surface area contributed by atoms with E-state index in [9.17, 15) is 8.42 Å². The van der Waals surface area contributed by atoms with Gasteiger partial charge in [0.25, 0.3) is 15.9 Å². The molecule has 0 aliphatic heterocycles. The van der Waals surface area contributed by atoms with Crippen LogP contribution in [0.5, 0.6) is 0 Å². The summed E-state index contributed by atoms with van der Waals surface area (Å²) in [4.78, 5) is 0. The molecule has 0 saturated carbocycles. The second-order valence-electron chi connectivity index (χ2n) is 5.62. The Bertz CT molecular complexity index is 976. The van der Waals surface area contributed by atoms with Gasteiger partial charge in [-0.25, -0.2) is 13.1 Å². The third-order valence-corrected chi connectivity index (χ3v) is 7.39. The summed E-state index contributed by atoms with van der Waals surface area (Å²) < 4.78 is 33.2. The van der Waals surface area contributed by atoms with Crippen molar-refractivity contribution in [2.75, 3.05) is 4.72 Å². The number of hydrogen-bond donors (Lipinski definition) is 1. The molecule has 0 aliphatic rings. The van der Waals surface area contributed by atoms with Crippen LogP contribution in [-0.2, 0) is 16.4 Å². The molecule has 2 heterocycles. The van der Waals surface area contributed by atoms with Gasteiger partial charge in [0.15, 0.2) is 0 Å². The van der Waals surface area contributed by atoms with E-state index in [4.69, 9.17) is 4.52 Å². The molecular formula is C17H17BrN2O3S2. The van der Waals surface area contributed by atoms with E-state index in [1.807, 2.05) is 17.5 Å². The number of nitrogens with zero attached hydrogens (tertiary/aromatic N) is 1. The van der Waals surface area contributed by atoms with E-state index < -0.39 is 10.0 Å². The van der Waals surface area contributed by atoms with Gasteiger partial charge in [-0.1, -0.05) is 42.8 Å². The Morgan fingerprint density at radius 1 is 1.24 bits per heavy atom. The zero-order valence-electron chi connectivity index (χ0n) is 13.7. The number of hydrogen-bond acceptors (Lipinski definition) is 5. The van der Waals surface area contributed by atoms with Crippen LogP contribution in [-0.4, -0.2) is 13.6 Å². The van der Waals surface area contributed by atoms with E-state index in [-0.39, 0.29) is 10.1 Å². The average Bonchev–Trinajstić information content (AvgIpc) is 3.19. The molecule has 132 valence electrons. The van der Waals surface area contributed by atoms with Gasteiger partial charge in [0.2, 0.25) is 0 Å². The topological polar surface area (TPSA) is 72.2 Å². The lowest BCUT2D eigenvalue weighted by Gasteiger charge is -2.03. The van der Waals surface area contributed by atoms with E-state index in [2.05, 4.69) is 44.9 Å². The van der Waals surface area contributed by atoms with Crippen LogP contribution in [0.15, 0.2) is 48.9 Å². The monoisotopic (exact) mass is 440 g/mol. The van der Waals surface area contributed by atoms with Gasteiger partial charge in [-0.05, 0) is 57.4 Å². The number of aromatic nitrogens is 1. The van der Waals surface area contributed by atoms with Gasteiger partial charge in [-0.3, -0.25) is 0 Å². The summed E-state index contributed by atoms with van der Waals surface area (Å²) in [5.41, 5.74) is 3.73. The Morgan fingerprint density at radius 3 is 2.56 bits per heavy atom. The van der Waals surface area contributed by atoms with Crippen molar-refractivity contribution in [3.8, 4) is 11.1 Å². The highest BCUT2D eigenvalue weighted by Gasteiger charge is 2.22. The molecule has 0 spiro atoms. The van der Waals surface area contributed by atoms with Crippen molar-refractivity contribution in [1.82, 2.24) is 5.16 Å². The molecule has 0 radical (unpaired) electrons. The van der Waals surface area contributed by atoms with Gasteiger partial charge in [0, 0.05) is 0 Å². The minimum atomic E-state index is -3.72. The van der Waals surface area contributed by atoms with Gasteiger partial charge >= 0.3 is 0 Å². The van der Waals surface area contributed by atoms with Crippen LogP contribution in [0, 0.1) is 6.92 Å². The lowest BCUT2D eigenvalue weighted by molar-refractivity contribution is 0.430. The highest BCUT2D eigenvalue weighted by atomic mass is 79.9. The molecule has 0 bridgehead atoms. The van der Waals surface area contributed by atoms with Crippen LogP contribution in [0.3, 0.4) is 0 Å². The molecule has 3 aromatic rings. The van der Waals surface area contributed by atoms with Crippen molar-refractivity contribution >= 4 is 43.2 Å². The summed E-state index contributed by atoms with van der Waals surface area (Å²) in [7, 11) is -3.72. The lowest BCUT2D eigenvalue weighted by atomic mass is 10.0. The number of nitrogens with one attached hydrogen (secondary N) is 1. The Morgan fingerprint density at radius 2 is 1.96 bits per heavy atom. The molecule has 0 unspecified atom stereocenters. The molecule has 1 N–H and O–H groups in total.